The second-order valence-corrected chi connectivity index (χ2v) is 6.67. The van der Waals surface area contributed by atoms with E-state index in [0.717, 1.165) is 18.3 Å². The molecule has 0 saturated heterocycles. The monoisotopic (exact) mass is 273 g/mol. The zero-order valence-corrected chi connectivity index (χ0v) is 12.6. The molecule has 4 atom stereocenters. The standard InChI is InChI=1S/C18H27NO/c1-2-5-13-8-9-17(19)14(10-13)11-15-12-20-18-7-4-3-6-16(15)18/h3-4,6-7,13-15,17H,2,5,8-12,19H2,1H3. The molecule has 1 aromatic rings. The van der Waals surface area contributed by atoms with Gasteiger partial charge in [-0.15, -0.1) is 0 Å². The van der Waals surface area contributed by atoms with Crippen LogP contribution >= 0.6 is 0 Å². The Bertz CT molecular complexity index is 445. The van der Waals surface area contributed by atoms with E-state index in [2.05, 4.69) is 31.2 Å². The van der Waals surface area contributed by atoms with Gasteiger partial charge in [-0.05, 0) is 43.6 Å². The summed E-state index contributed by atoms with van der Waals surface area (Å²) in [7, 11) is 0. The van der Waals surface area contributed by atoms with E-state index in [1.54, 1.807) is 0 Å². The third-order valence-corrected chi connectivity index (χ3v) is 5.23. The number of benzene rings is 1. The molecule has 1 aromatic carbocycles. The van der Waals surface area contributed by atoms with Crippen molar-refractivity contribution < 1.29 is 4.74 Å². The lowest BCUT2D eigenvalue weighted by molar-refractivity contribution is 0.195. The highest BCUT2D eigenvalue weighted by molar-refractivity contribution is 5.39. The van der Waals surface area contributed by atoms with Gasteiger partial charge >= 0.3 is 0 Å². The van der Waals surface area contributed by atoms with E-state index in [4.69, 9.17) is 10.5 Å². The number of hydrogen-bond donors (Lipinski definition) is 1. The van der Waals surface area contributed by atoms with Crippen molar-refractivity contribution in [1.82, 2.24) is 0 Å². The zero-order valence-electron chi connectivity index (χ0n) is 12.6. The number of ether oxygens (including phenoxy) is 1. The van der Waals surface area contributed by atoms with Crippen molar-refractivity contribution >= 4 is 0 Å². The minimum atomic E-state index is 0.399. The van der Waals surface area contributed by atoms with Gasteiger partial charge in [0.25, 0.3) is 0 Å². The van der Waals surface area contributed by atoms with Gasteiger partial charge in [0.1, 0.15) is 5.75 Å². The molecule has 2 aliphatic rings. The lowest BCUT2D eigenvalue weighted by Crippen LogP contribution is -2.37. The molecule has 1 fully saturated rings. The van der Waals surface area contributed by atoms with Crippen LogP contribution in [0, 0.1) is 11.8 Å². The molecular weight excluding hydrogens is 246 g/mol. The van der Waals surface area contributed by atoms with Crippen molar-refractivity contribution in [3.05, 3.63) is 29.8 Å². The van der Waals surface area contributed by atoms with Gasteiger partial charge in [-0.1, -0.05) is 38.0 Å². The predicted octanol–water partition coefficient (Wildman–Crippen LogP) is 4.10. The molecule has 4 unspecified atom stereocenters. The highest BCUT2D eigenvalue weighted by Crippen LogP contribution is 2.41. The molecule has 0 bridgehead atoms. The van der Waals surface area contributed by atoms with Gasteiger partial charge in [-0.25, -0.2) is 0 Å². The van der Waals surface area contributed by atoms with E-state index in [0.29, 0.717) is 17.9 Å². The fraction of sp³-hybridized carbons (Fsp3) is 0.667. The zero-order chi connectivity index (χ0) is 13.9. The van der Waals surface area contributed by atoms with Gasteiger partial charge in [0.2, 0.25) is 0 Å². The van der Waals surface area contributed by atoms with E-state index < -0.39 is 0 Å². The number of hydrogen-bond acceptors (Lipinski definition) is 2. The fourth-order valence-electron chi connectivity index (χ4n) is 4.12. The molecule has 1 heterocycles. The van der Waals surface area contributed by atoms with Crippen molar-refractivity contribution in [2.24, 2.45) is 17.6 Å². The Hall–Kier alpha value is -1.02. The molecule has 1 aliphatic heterocycles. The second-order valence-electron chi connectivity index (χ2n) is 6.67. The summed E-state index contributed by atoms with van der Waals surface area (Å²) >= 11 is 0. The molecule has 0 radical (unpaired) electrons. The molecule has 2 N–H and O–H groups in total. The summed E-state index contributed by atoms with van der Waals surface area (Å²) in [5.74, 6) is 3.23. The number of fused-ring (bicyclic) bond motifs is 1. The highest BCUT2D eigenvalue weighted by Gasteiger charge is 2.32. The third kappa shape index (κ3) is 2.85. The van der Waals surface area contributed by atoms with Gasteiger partial charge in [0.05, 0.1) is 6.61 Å². The average Bonchev–Trinajstić information content (AvgIpc) is 2.86. The van der Waals surface area contributed by atoms with Gasteiger partial charge in [-0.3, -0.25) is 0 Å². The van der Waals surface area contributed by atoms with Crippen LogP contribution in [0.5, 0.6) is 5.75 Å². The Morgan fingerprint density at radius 2 is 2.10 bits per heavy atom. The van der Waals surface area contributed by atoms with Crippen LogP contribution in [-0.4, -0.2) is 12.6 Å². The molecule has 0 aromatic heterocycles. The minimum absolute atomic E-state index is 0.399. The fourth-order valence-corrected chi connectivity index (χ4v) is 4.12. The van der Waals surface area contributed by atoms with Crippen molar-refractivity contribution in [3.8, 4) is 5.75 Å². The van der Waals surface area contributed by atoms with Gasteiger partial charge in [-0.2, -0.15) is 0 Å². The van der Waals surface area contributed by atoms with E-state index in [9.17, 15) is 0 Å². The molecule has 3 rings (SSSR count). The van der Waals surface area contributed by atoms with Crippen LogP contribution < -0.4 is 10.5 Å². The van der Waals surface area contributed by atoms with Crippen LogP contribution in [0.2, 0.25) is 0 Å². The summed E-state index contributed by atoms with van der Waals surface area (Å²) < 4.78 is 5.82. The maximum absolute atomic E-state index is 6.39. The largest absolute Gasteiger partial charge is 0.493 e. The molecule has 1 saturated carbocycles. The van der Waals surface area contributed by atoms with Crippen LogP contribution in [0.25, 0.3) is 0 Å². The summed E-state index contributed by atoms with van der Waals surface area (Å²) in [4.78, 5) is 0. The maximum atomic E-state index is 6.39. The Labute approximate surface area is 122 Å². The van der Waals surface area contributed by atoms with Gasteiger partial charge < -0.3 is 10.5 Å². The first kappa shape index (κ1) is 13.9. The first-order valence-corrected chi connectivity index (χ1v) is 8.25. The van der Waals surface area contributed by atoms with Gasteiger partial charge in [0, 0.05) is 17.5 Å². The molecule has 20 heavy (non-hydrogen) atoms. The number of rotatable bonds is 4. The molecule has 2 heteroatoms. The van der Waals surface area contributed by atoms with Crippen molar-refractivity contribution in [2.45, 2.75) is 57.4 Å². The van der Waals surface area contributed by atoms with Crippen molar-refractivity contribution in [1.29, 1.82) is 0 Å². The number of para-hydroxylation sites is 1. The van der Waals surface area contributed by atoms with Gasteiger partial charge in [0.15, 0.2) is 0 Å². The summed E-state index contributed by atoms with van der Waals surface area (Å²) in [6.45, 7) is 3.14. The SMILES string of the molecule is CCCC1CCC(N)C(CC2COc3ccccc32)C1. The van der Waals surface area contributed by atoms with Crippen molar-refractivity contribution in [2.75, 3.05) is 6.61 Å². The first-order chi connectivity index (χ1) is 9.78. The summed E-state index contributed by atoms with van der Waals surface area (Å²) in [6.07, 6.45) is 7.77. The summed E-state index contributed by atoms with van der Waals surface area (Å²) in [6, 6.07) is 8.91. The third-order valence-electron chi connectivity index (χ3n) is 5.23. The van der Waals surface area contributed by atoms with Crippen molar-refractivity contribution in [3.63, 3.8) is 0 Å². The van der Waals surface area contributed by atoms with E-state index in [1.807, 2.05) is 0 Å². The molecule has 110 valence electrons. The molecule has 0 spiro atoms. The van der Waals surface area contributed by atoms with Crippen LogP contribution in [0.4, 0.5) is 0 Å². The summed E-state index contributed by atoms with van der Waals surface area (Å²) in [5.41, 5.74) is 7.79. The minimum Gasteiger partial charge on any atom is -0.493 e. The highest BCUT2D eigenvalue weighted by atomic mass is 16.5. The Kier molecular flexibility index (Phi) is 4.30. The lowest BCUT2D eigenvalue weighted by Gasteiger charge is -2.35. The van der Waals surface area contributed by atoms with E-state index in [1.165, 1.54) is 44.1 Å². The molecule has 0 amide bonds. The Morgan fingerprint density at radius 1 is 1.25 bits per heavy atom. The topological polar surface area (TPSA) is 35.2 Å². The first-order valence-electron chi connectivity index (χ1n) is 8.25. The second kappa shape index (κ2) is 6.17. The Morgan fingerprint density at radius 3 is 2.95 bits per heavy atom. The Balaban J connectivity index is 1.65. The normalized spacial score (nSPS) is 32.7. The maximum Gasteiger partial charge on any atom is 0.122 e. The average molecular weight is 273 g/mol. The smallest absolute Gasteiger partial charge is 0.122 e. The van der Waals surface area contributed by atoms with E-state index >= 15 is 0 Å². The van der Waals surface area contributed by atoms with Crippen LogP contribution in [0.1, 0.15) is 56.9 Å². The van der Waals surface area contributed by atoms with E-state index in [-0.39, 0.29) is 0 Å². The summed E-state index contributed by atoms with van der Waals surface area (Å²) in [5, 5.41) is 0. The molecular formula is C18H27NO. The lowest BCUT2D eigenvalue weighted by atomic mass is 9.73. The molecule has 1 aliphatic carbocycles. The number of nitrogens with two attached hydrogens (primary N) is 1. The quantitative estimate of drug-likeness (QED) is 0.896. The molecule has 2 nitrogen and oxygen atoms in total. The predicted molar refractivity (Wildman–Crippen MR) is 83.0 cm³/mol. The van der Waals surface area contributed by atoms with Crippen LogP contribution in [0.3, 0.4) is 0 Å². The van der Waals surface area contributed by atoms with Crippen LogP contribution in [0.15, 0.2) is 24.3 Å². The van der Waals surface area contributed by atoms with Crippen LogP contribution in [-0.2, 0) is 0 Å².